The van der Waals surface area contributed by atoms with Crippen LogP contribution in [-0.2, 0) is 4.74 Å². The first-order chi connectivity index (χ1) is 11.3. The van der Waals surface area contributed by atoms with Gasteiger partial charge in [-0.3, -0.25) is 10.3 Å². The molecule has 1 aromatic carbocycles. The summed E-state index contributed by atoms with van der Waals surface area (Å²) in [4.78, 5) is 2.35. The summed E-state index contributed by atoms with van der Waals surface area (Å²) in [5.74, 6) is 0.836. The zero-order valence-corrected chi connectivity index (χ0v) is 14.3. The summed E-state index contributed by atoms with van der Waals surface area (Å²) in [6.07, 6.45) is 1.72. The molecule has 7 heteroatoms. The van der Waals surface area contributed by atoms with Crippen LogP contribution < -0.4 is 15.5 Å². The Balaban J connectivity index is 1.66. The van der Waals surface area contributed by atoms with E-state index in [-0.39, 0.29) is 0 Å². The van der Waals surface area contributed by atoms with Crippen molar-refractivity contribution in [3.8, 4) is 5.75 Å². The average molecular weight is 336 g/mol. The second-order valence-electron chi connectivity index (χ2n) is 5.09. The fourth-order valence-corrected chi connectivity index (χ4v) is 2.36. The van der Waals surface area contributed by atoms with Crippen LogP contribution in [0.15, 0.2) is 29.4 Å². The monoisotopic (exact) mass is 336 g/mol. The van der Waals surface area contributed by atoms with Crippen LogP contribution in [0.2, 0.25) is 0 Å². The van der Waals surface area contributed by atoms with Crippen molar-refractivity contribution < 1.29 is 9.47 Å². The Hall–Kier alpha value is -1.70. The molecule has 1 fully saturated rings. The van der Waals surface area contributed by atoms with E-state index < -0.39 is 0 Å². The minimum Gasteiger partial charge on any atom is -0.494 e. The van der Waals surface area contributed by atoms with Crippen molar-refractivity contribution in [3.05, 3.63) is 29.8 Å². The second kappa shape index (κ2) is 10.1. The molecule has 2 rings (SSSR count). The number of thiocarbonyl (C=S) groups is 1. The standard InChI is InChI=1S/C16H24N4O2S/c1-2-22-15-5-3-4-14(12-15)13-18-19-16(23)17-6-7-20-8-10-21-11-9-20/h3-5,12-13H,2,6-11H2,1H3,(H2,17,19,23)/b18-13+. The molecule has 1 aromatic rings. The zero-order valence-electron chi connectivity index (χ0n) is 13.5. The topological polar surface area (TPSA) is 58.1 Å². The van der Waals surface area contributed by atoms with Gasteiger partial charge in [0.2, 0.25) is 0 Å². The number of hydrazone groups is 1. The largest absolute Gasteiger partial charge is 0.494 e. The Morgan fingerprint density at radius 1 is 1.43 bits per heavy atom. The first kappa shape index (κ1) is 17.7. The van der Waals surface area contributed by atoms with Gasteiger partial charge >= 0.3 is 0 Å². The van der Waals surface area contributed by atoms with Crippen molar-refractivity contribution in [2.45, 2.75) is 6.92 Å². The molecule has 1 aliphatic rings. The molecule has 6 nitrogen and oxygen atoms in total. The van der Waals surface area contributed by atoms with Crippen LogP contribution in [0.1, 0.15) is 12.5 Å². The molecule has 126 valence electrons. The molecule has 0 aliphatic carbocycles. The summed E-state index contributed by atoms with van der Waals surface area (Å²) >= 11 is 5.20. The normalized spacial score (nSPS) is 15.5. The summed E-state index contributed by atoms with van der Waals surface area (Å²) in [5, 5.41) is 7.81. The van der Waals surface area contributed by atoms with Crippen molar-refractivity contribution >= 4 is 23.5 Å². The highest BCUT2D eigenvalue weighted by atomic mass is 32.1. The Morgan fingerprint density at radius 3 is 3.04 bits per heavy atom. The Morgan fingerprint density at radius 2 is 2.26 bits per heavy atom. The van der Waals surface area contributed by atoms with E-state index in [0.717, 1.165) is 50.7 Å². The summed E-state index contributed by atoms with van der Waals surface area (Å²) in [7, 11) is 0. The van der Waals surface area contributed by atoms with Crippen LogP contribution in [0.5, 0.6) is 5.75 Å². The lowest BCUT2D eigenvalue weighted by Crippen LogP contribution is -2.42. The Labute approximate surface area is 142 Å². The van der Waals surface area contributed by atoms with Crippen molar-refractivity contribution in [1.29, 1.82) is 0 Å². The van der Waals surface area contributed by atoms with Gasteiger partial charge in [-0.05, 0) is 36.8 Å². The Kier molecular flexibility index (Phi) is 7.79. The number of ether oxygens (including phenoxy) is 2. The number of hydrogen-bond donors (Lipinski definition) is 2. The summed E-state index contributed by atoms with van der Waals surface area (Å²) < 4.78 is 10.8. The van der Waals surface area contributed by atoms with Crippen LogP contribution in [0.25, 0.3) is 0 Å². The van der Waals surface area contributed by atoms with Crippen molar-refractivity contribution in [2.24, 2.45) is 5.10 Å². The molecular weight excluding hydrogens is 312 g/mol. The highest BCUT2D eigenvalue weighted by Crippen LogP contribution is 2.11. The fraction of sp³-hybridized carbons (Fsp3) is 0.500. The van der Waals surface area contributed by atoms with E-state index in [4.69, 9.17) is 21.7 Å². The fourth-order valence-electron chi connectivity index (χ4n) is 2.21. The second-order valence-corrected chi connectivity index (χ2v) is 5.49. The molecule has 1 aliphatic heterocycles. The zero-order chi connectivity index (χ0) is 16.3. The van der Waals surface area contributed by atoms with Gasteiger partial charge in [-0.1, -0.05) is 12.1 Å². The maximum atomic E-state index is 5.45. The lowest BCUT2D eigenvalue weighted by atomic mass is 10.2. The highest BCUT2D eigenvalue weighted by molar-refractivity contribution is 7.80. The van der Waals surface area contributed by atoms with Gasteiger partial charge in [-0.2, -0.15) is 5.10 Å². The molecule has 2 N–H and O–H groups in total. The molecule has 0 bridgehead atoms. The van der Waals surface area contributed by atoms with Gasteiger partial charge in [0.25, 0.3) is 0 Å². The van der Waals surface area contributed by atoms with Crippen molar-refractivity contribution in [1.82, 2.24) is 15.6 Å². The molecule has 0 amide bonds. The van der Waals surface area contributed by atoms with Crippen molar-refractivity contribution in [2.75, 3.05) is 46.0 Å². The minimum atomic E-state index is 0.524. The summed E-state index contributed by atoms with van der Waals surface area (Å²) in [6, 6.07) is 7.75. The molecule has 0 aromatic heterocycles. The van der Waals surface area contributed by atoms with Gasteiger partial charge < -0.3 is 14.8 Å². The first-order valence-electron chi connectivity index (χ1n) is 7.88. The van der Waals surface area contributed by atoms with Gasteiger partial charge in [0.1, 0.15) is 5.75 Å². The van der Waals surface area contributed by atoms with E-state index in [0.29, 0.717) is 11.7 Å². The molecule has 0 unspecified atom stereocenters. The van der Waals surface area contributed by atoms with Crippen LogP contribution in [-0.4, -0.2) is 62.2 Å². The molecular formula is C16H24N4O2S. The summed E-state index contributed by atoms with van der Waals surface area (Å²) in [5.41, 5.74) is 3.78. The van der Waals surface area contributed by atoms with E-state index in [1.54, 1.807) is 6.21 Å². The third-order valence-corrected chi connectivity index (χ3v) is 3.60. The minimum absolute atomic E-state index is 0.524. The van der Waals surface area contributed by atoms with Crippen molar-refractivity contribution in [3.63, 3.8) is 0 Å². The smallest absolute Gasteiger partial charge is 0.187 e. The number of rotatable bonds is 7. The molecule has 0 saturated carbocycles. The van der Waals surface area contributed by atoms with Gasteiger partial charge in [0.05, 0.1) is 26.0 Å². The number of morpholine rings is 1. The maximum Gasteiger partial charge on any atom is 0.187 e. The molecule has 1 heterocycles. The molecule has 23 heavy (non-hydrogen) atoms. The molecule has 1 saturated heterocycles. The number of nitrogens with one attached hydrogen (secondary N) is 2. The summed E-state index contributed by atoms with van der Waals surface area (Å²) in [6.45, 7) is 7.94. The lowest BCUT2D eigenvalue weighted by molar-refractivity contribution is 0.0389. The quantitative estimate of drug-likeness (QED) is 0.444. The lowest BCUT2D eigenvalue weighted by Gasteiger charge is -2.26. The number of hydrogen-bond acceptors (Lipinski definition) is 5. The first-order valence-corrected chi connectivity index (χ1v) is 8.28. The predicted octanol–water partition coefficient (Wildman–Crippen LogP) is 1.22. The van der Waals surface area contributed by atoms with E-state index in [2.05, 4.69) is 20.7 Å². The molecule has 0 radical (unpaired) electrons. The van der Waals surface area contributed by atoms with Crippen LogP contribution in [0.3, 0.4) is 0 Å². The third-order valence-electron chi connectivity index (χ3n) is 3.37. The maximum absolute atomic E-state index is 5.45. The van der Waals surface area contributed by atoms with Gasteiger partial charge in [0.15, 0.2) is 5.11 Å². The van der Waals surface area contributed by atoms with E-state index >= 15 is 0 Å². The molecule has 0 spiro atoms. The van der Waals surface area contributed by atoms with Gasteiger partial charge in [-0.25, -0.2) is 0 Å². The number of nitrogens with zero attached hydrogens (tertiary/aromatic N) is 2. The SMILES string of the molecule is CCOc1cccc(/C=N/NC(=S)NCCN2CCOCC2)c1. The average Bonchev–Trinajstić information content (AvgIpc) is 2.57. The highest BCUT2D eigenvalue weighted by Gasteiger charge is 2.09. The number of benzene rings is 1. The van der Waals surface area contributed by atoms with E-state index in [1.165, 1.54) is 0 Å². The molecule has 0 atom stereocenters. The van der Waals surface area contributed by atoms with Gasteiger partial charge in [0, 0.05) is 26.2 Å². The van der Waals surface area contributed by atoms with Crippen LogP contribution in [0, 0.1) is 0 Å². The Bertz CT molecular complexity index is 519. The van der Waals surface area contributed by atoms with E-state index in [1.807, 2.05) is 31.2 Å². The van der Waals surface area contributed by atoms with Crippen LogP contribution >= 0.6 is 12.2 Å². The predicted molar refractivity (Wildman–Crippen MR) is 96.2 cm³/mol. The van der Waals surface area contributed by atoms with Gasteiger partial charge in [-0.15, -0.1) is 0 Å². The third kappa shape index (κ3) is 6.94. The van der Waals surface area contributed by atoms with E-state index in [9.17, 15) is 0 Å². The van der Waals surface area contributed by atoms with Crippen LogP contribution in [0.4, 0.5) is 0 Å².